The van der Waals surface area contributed by atoms with Crippen LogP contribution in [0, 0.1) is 19.3 Å². The molecule has 0 bridgehead atoms. The van der Waals surface area contributed by atoms with Crippen molar-refractivity contribution in [3.63, 3.8) is 0 Å². The number of aliphatic hydroxyl groups is 1. The Morgan fingerprint density at radius 3 is 2.44 bits per heavy atom. The Bertz CT molecular complexity index is 383. The van der Waals surface area contributed by atoms with Gasteiger partial charge in [0.1, 0.15) is 11.5 Å². The van der Waals surface area contributed by atoms with Crippen LogP contribution in [0.4, 0.5) is 0 Å². The zero-order valence-corrected chi connectivity index (χ0v) is 11.8. The van der Waals surface area contributed by atoms with Crippen LogP contribution in [0.25, 0.3) is 0 Å². The largest absolute Gasteiger partial charge is 0.466 e. The van der Waals surface area contributed by atoms with E-state index in [-0.39, 0.29) is 5.41 Å². The Morgan fingerprint density at radius 2 is 2.00 bits per heavy atom. The van der Waals surface area contributed by atoms with Gasteiger partial charge in [0.05, 0.1) is 0 Å². The minimum atomic E-state index is 0.178. The van der Waals surface area contributed by atoms with E-state index in [1.807, 2.05) is 13.8 Å². The molecule has 1 fully saturated rings. The number of hydrogen-bond donors (Lipinski definition) is 1. The van der Waals surface area contributed by atoms with E-state index in [1.165, 1.54) is 5.56 Å². The molecule has 1 saturated heterocycles. The summed E-state index contributed by atoms with van der Waals surface area (Å²) in [6, 6.07) is 2.14. The molecule has 1 N–H and O–H groups in total. The molecule has 3 nitrogen and oxygen atoms in total. The minimum absolute atomic E-state index is 0.178. The van der Waals surface area contributed by atoms with Crippen LogP contribution in [0.5, 0.6) is 0 Å². The van der Waals surface area contributed by atoms with Gasteiger partial charge in [-0.1, -0.05) is 6.92 Å². The molecular weight excluding hydrogens is 226 g/mol. The maximum atomic E-state index is 9.53. The number of hydrogen-bond acceptors (Lipinski definition) is 3. The van der Waals surface area contributed by atoms with Gasteiger partial charge < -0.3 is 9.52 Å². The number of rotatable bonds is 4. The van der Waals surface area contributed by atoms with Crippen LogP contribution in [0.1, 0.15) is 43.3 Å². The highest BCUT2D eigenvalue weighted by atomic mass is 16.3. The average Bonchev–Trinajstić information content (AvgIpc) is 2.69. The maximum Gasteiger partial charge on any atom is 0.105 e. The fraction of sp³-hybridized carbons (Fsp3) is 0.733. The summed E-state index contributed by atoms with van der Waals surface area (Å²) in [6.45, 7) is 9.71. The number of furan rings is 1. The molecule has 1 aliphatic heterocycles. The molecule has 0 aliphatic carbocycles. The standard InChI is InChI=1S/C15H25NO2/c1-4-15(11-17)5-7-16(8-6-15)10-14-9-12(2)18-13(14)3/h9,17H,4-8,10-11H2,1-3H3. The third-order valence-electron chi connectivity index (χ3n) is 4.54. The summed E-state index contributed by atoms with van der Waals surface area (Å²) in [7, 11) is 0. The Kier molecular flexibility index (Phi) is 4.13. The minimum Gasteiger partial charge on any atom is -0.466 e. The van der Waals surface area contributed by atoms with Gasteiger partial charge in [0.2, 0.25) is 0 Å². The van der Waals surface area contributed by atoms with E-state index < -0.39 is 0 Å². The van der Waals surface area contributed by atoms with E-state index >= 15 is 0 Å². The molecule has 18 heavy (non-hydrogen) atoms. The van der Waals surface area contributed by atoms with Gasteiger partial charge in [0.15, 0.2) is 0 Å². The second kappa shape index (κ2) is 5.45. The van der Waals surface area contributed by atoms with Crippen LogP contribution in [0.15, 0.2) is 10.5 Å². The molecular formula is C15H25NO2. The Balaban J connectivity index is 1.93. The molecule has 102 valence electrons. The molecule has 0 amide bonds. The van der Waals surface area contributed by atoms with Gasteiger partial charge in [-0.15, -0.1) is 0 Å². The first kappa shape index (κ1) is 13.6. The van der Waals surface area contributed by atoms with Crippen molar-refractivity contribution in [3.8, 4) is 0 Å². The van der Waals surface area contributed by atoms with Gasteiger partial charge in [-0.2, -0.15) is 0 Å². The summed E-state index contributed by atoms with van der Waals surface area (Å²) in [6.07, 6.45) is 3.30. The zero-order valence-electron chi connectivity index (χ0n) is 11.8. The fourth-order valence-corrected chi connectivity index (χ4v) is 2.89. The highest BCUT2D eigenvalue weighted by Crippen LogP contribution is 2.34. The molecule has 2 heterocycles. The van der Waals surface area contributed by atoms with E-state index in [4.69, 9.17) is 4.42 Å². The molecule has 2 rings (SSSR count). The Labute approximate surface area is 110 Å². The van der Waals surface area contributed by atoms with Crippen LogP contribution in [0.3, 0.4) is 0 Å². The predicted molar refractivity (Wildman–Crippen MR) is 72.5 cm³/mol. The summed E-state index contributed by atoms with van der Waals surface area (Å²) in [5.74, 6) is 2.04. The number of likely N-dealkylation sites (tertiary alicyclic amines) is 1. The second-order valence-corrected chi connectivity index (χ2v) is 5.73. The number of nitrogens with zero attached hydrogens (tertiary/aromatic N) is 1. The van der Waals surface area contributed by atoms with Gasteiger partial charge in [-0.25, -0.2) is 0 Å². The van der Waals surface area contributed by atoms with Gasteiger partial charge in [0.25, 0.3) is 0 Å². The highest BCUT2D eigenvalue weighted by molar-refractivity contribution is 5.20. The molecule has 0 radical (unpaired) electrons. The highest BCUT2D eigenvalue weighted by Gasteiger charge is 2.32. The van der Waals surface area contributed by atoms with Crippen molar-refractivity contribution in [2.45, 2.75) is 46.6 Å². The van der Waals surface area contributed by atoms with Crippen molar-refractivity contribution in [2.24, 2.45) is 5.41 Å². The summed E-state index contributed by atoms with van der Waals surface area (Å²) >= 11 is 0. The van der Waals surface area contributed by atoms with Crippen molar-refractivity contribution >= 4 is 0 Å². The Hall–Kier alpha value is -0.800. The number of aryl methyl sites for hydroxylation is 2. The molecule has 3 heteroatoms. The first-order valence-electron chi connectivity index (χ1n) is 6.98. The normalized spacial score (nSPS) is 20.2. The molecule has 0 spiro atoms. The van der Waals surface area contributed by atoms with Crippen molar-refractivity contribution in [2.75, 3.05) is 19.7 Å². The third-order valence-corrected chi connectivity index (χ3v) is 4.54. The van der Waals surface area contributed by atoms with Crippen LogP contribution in [-0.2, 0) is 6.54 Å². The lowest BCUT2D eigenvalue weighted by Gasteiger charge is -2.40. The Morgan fingerprint density at radius 1 is 1.33 bits per heavy atom. The van der Waals surface area contributed by atoms with Crippen molar-refractivity contribution in [3.05, 3.63) is 23.2 Å². The van der Waals surface area contributed by atoms with E-state index in [2.05, 4.69) is 17.9 Å². The van der Waals surface area contributed by atoms with Crippen LogP contribution >= 0.6 is 0 Å². The van der Waals surface area contributed by atoms with Crippen LogP contribution < -0.4 is 0 Å². The van der Waals surface area contributed by atoms with Crippen LogP contribution in [0.2, 0.25) is 0 Å². The maximum absolute atomic E-state index is 9.53. The smallest absolute Gasteiger partial charge is 0.105 e. The van der Waals surface area contributed by atoms with Crippen molar-refractivity contribution in [1.29, 1.82) is 0 Å². The molecule has 0 unspecified atom stereocenters. The summed E-state index contributed by atoms with van der Waals surface area (Å²) in [5, 5.41) is 9.53. The molecule has 1 aromatic rings. The second-order valence-electron chi connectivity index (χ2n) is 5.73. The van der Waals surface area contributed by atoms with Gasteiger partial charge in [-0.3, -0.25) is 4.90 Å². The summed E-state index contributed by atoms with van der Waals surface area (Å²) in [4.78, 5) is 2.47. The lowest BCUT2D eigenvalue weighted by molar-refractivity contribution is 0.0381. The average molecular weight is 251 g/mol. The van der Waals surface area contributed by atoms with Crippen LogP contribution in [-0.4, -0.2) is 29.7 Å². The summed E-state index contributed by atoms with van der Waals surface area (Å²) in [5.41, 5.74) is 1.48. The fourth-order valence-electron chi connectivity index (χ4n) is 2.89. The predicted octanol–water partition coefficient (Wildman–Crippen LogP) is 2.88. The van der Waals surface area contributed by atoms with Gasteiger partial charge in [-0.05, 0) is 57.7 Å². The SMILES string of the molecule is CCC1(CO)CCN(Cc2cc(C)oc2C)CC1. The first-order chi connectivity index (χ1) is 8.58. The third kappa shape index (κ3) is 2.78. The number of aliphatic hydroxyl groups excluding tert-OH is 1. The topological polar surface area (TPSA) is 36.6 Å². The number of piperidine rings is 1. The van der Waals surface area contributed by atoms with Gasteiger partial charge in [0, 0.05) is 18.7 Å². The molecule has 0 aromatic carbocycles. The van der Waals surface area contributed by atoms with E-state index in [0.717, 1.165) is 50.4 Å². The lowest BCUT2D eigenvalue weighted by atomic mass is 9.77. The molecule has 0 atom stereocenters. The summed E-state index contributed by atoms with van der Waals surface area (Å²) < 4.78 is 5.57. The van der Waals surface area contributed by atoms with Crippen molar-refractivity contribution < 1.29 is 9.52 Å². The molecule has 1 aromatic heterocycles. The van der Waals surface area contributed by atoms with E-state index in [0.29, 0.717) is 6.61 Å². The van der Waals surface area contributed by atoms with E-state index in [9.17, 15) is 5.11 Å². The zero-order chi connectivity index (χ0) is 13.2. The monoisotopic (exact) mass is 251 g/mol. The molecule has 0 saturated carbocycles. The quantitative estimate of drug-likeness (QED) is 0.894. The first-order valence-corrected chi connectivity index (χ1v) is 6.98. The van der Waals surface area contributed by atoms with Crippen molar-refractivity contribution in [1.82, 2.24) is 4.90 Å². The van der Waals surface area contributed by atoms with Gasteiger partial charge >= 0.3 is 0 Å². The molecule has 1 aliphatic rings. The lowest BCUT2D eigenvalue weighted by Crippen LogP contribution is -2.41. The van der Waals surface area contributed by atoms with E-state index in [1.54, 1.807) is 0 Å².